The molecule has 2 heterocycles. The van der Waals surface area contributed by atoms with Gasteiger partial charge in [0.15, 0.2) is 0 Å². The molecule has 2 N–H and O–H groups in total. The summed E-state index contributed by atoms with van der Waals surface area (Å²) < 4.78 is 25.5. The van der Waals surface area contributed by atoms with E-state index in [2.05, 4.69) is 9.97 Å². The van der Waals surface area contributed by atoms with Gasteiger partial charge < -0.3 is 9.97 Å². The van der Waals surface area contributed by atoms with Crippen molar-refractivity contribution >= 4 is 31.6 Å². The smallest absolute Gasteiger partial charge is 0.206 e. The molecule has 0 saturated heterocycles. The molecule has 0 saturated carbocycles. The lowest BCUT2D eigenvalue weighted by Gasteiger charge is -2.05. The number of nitrogens with one attached hydrogen (secondary N) is 2. The molecule has 0 aliphatic carbocycles. The van der Waals surface area contributed by atoms with Crippen LogP contribution in [0.1, 0.15) is 0 Å². The zero-order chi connectivity index (χ0) is 14.4. The van der Waals surface area contributed by atoms with Crippen molar-refractivity contribution in [3.63, 3.8) is 0 Å². The minimum atomic E-state index is -3.51. The first-order valence-electron chi connectivity index (χ1n) is 6.54. The van der Waals surface area contributed by atoms with Crippen LogP contribution in [0.3, 0.4) is 0 Å². The first kappa shape index (κ1) is 12.2. The zero-order valence-electron chi connectivity index (χ0n) is 11.0. The Morgan fingerprint density at radius 3 is 1.62 bits per heavy atom. The molecule has 0 radical (unpaired) electrons. The first-order valence-corrected chi connectivity index (χ1v) is 8.02. The highest BCUT2D eigenvalue weighted by Crippen LogP contribution is 2.26. The molecule has 4 nitrogen and oxygen atoms in total. The molecule has 0 aliphatic heterocycles. The number of hydrogen-bond donors (Lipinski definition) is 2. The van der Waals surface area contributed by atoms with Gasteiger partial charge >= 0.3 is 0 Å². The van der Waals surface area contributed by atoms with Crippen molar-refractivity contribution in [2.75, 3.05) is 0 Å². The topological polar surface area (TPSA) is 65.7 Å². The highest BCUT2D eigenvalue weighted by molar-refractivity contribution is 7.91. The summed E-state index contributed by atoms with van der Waals surface area (Å²) in [5, 5.41) is 1.78. The average molecular weight is 296 g/mol. The number of aromatic nitrogens is 2. The van der Waals surface area contributed by atoms with Gasteiger partial charge in [-0.3, -0.25) is 0 Å². The summed E-state index contributed by atoms with van der Waals surface area (Å²) in [7, 11) is -3.51. The van der Waals surface area contributed by atoms with E-state index in [1.54, 1.807) is 48.8 Å². The minimum Gasteiger partial charge on any atom is -0.361 e. The Hall–Kier alpha value is -2.53. The fraction of sp³-hybridized carbons (Fsp3) is 0. The predicted molar refractivity (Wildman–Crippen MR) is 82.0 cm³/mol. The number of rotatable bonds is 2. The van der Waals surface area contributed by atoms with Gasteiger partial charge in [-0.05, 0) is 48.5 Å². The van der Waals surface area contributed by atoms with Crippen LogP contribution in [0.4, 0.5) is 0 Å². The zero-order valence-corrected chi connectivity index (χ0v) is 11.8. The van der Waals surface area contributed by atoms with E-state index in [0.717, 1.165) is 21.8 Å². The Bertz CT molecular complexity index is 978. The lowest BCUT2D eigenvalue weighted by Crippen LogP contribution is -2.01. The summed E-state index contributed by atoms with van der Waals surface area (Å²) in [6.07, 6.45) is 3.60. The molecule has 4 aromatic rings. The van der Waals surface area contributed by atoms with E-state index >= 15 is 0 Å². The van der Waals surface area contributed by atoms with Gasteiger partial charge in [-0.2, -0.15) is 0 Å². The van der Waals surface area contributed by atoms with Gasteiger partial charge in [0.05, 0.1) is 9.79 Å². The molecule has 21 heavy (non-hydrogen) atoms. The summed E-state index contributed by atoms with van der Waals surface area (Å²) in [4.78, 5) is 6.74. The molecule has 0 bridgehead atoms. The third kappa shape index (κ3) is 1.86. The van der Waals surface area contributed by atoms with Crippen molar-refractivity contribution in [1.29, 1.82) is 0 Å². The van der Waals surface area contributed by atoms with Crippen molar-refractivity contribution in [3.8, 4) is 0 Å². The monoisotopic (exact) mass is 296 g/mol. The average Bonchev–Trinajstić information content (AvgIpc) is 3.14. The highest BCUT2D eigenvalue weighted by atomic mass is 32.2. The van der Waals surface area contributed by atoms with E-state index in [1.807, 2.05) is 12.1 Å². The lowest BCUT2D eigenvalue weighted by molar-refractivity contribution is 0.596. The largest absolute Gasteiger partial charge is 0.361 e. The SMILES string of the molecule is O=S(=O)(c1ccc2[nH]ccc2c1)c1ccc2[nH]ccc2c1. The molecule has 0 unspecified atom stereocenters. The van der Waals surface area contributed by atoms with E-state index < -0.39 is 9.84 Å². The van der Waals surface area contributed by atoms with Crippen LogP contribution in [0, 0.1) is 0 Å². The van der Waals surface area contributed by atoms with Crippen LogP contribution in [0.25, 0.3) is 21.8 Å². The van der Waals surface area contributed by atoms with Gasteiger partial charge in [0.25, 0.3) is 0 Å². The Kier molecular flexibility index (Phi) is 2.46. The highest BCUT2D eigenvalue weighted by Gasteiger charge is 2.18. The quantitative estimate of drug-likeness (QED) is 0.594. The van der Waals surface area contributed by atoms with Crippen molar-refractivity contribution in [2.45, 2.75) is 9.79 Å². The Morgan fingerprint density at radius 1 is 0.667 bits per heavy atom. The van der Waals surface area contributed by atoms with Crippen LogP contribution >= 0.6 is 0 Å². The van der Waals surface area contributed by atoms with Crippen LogP contribution in [-0.4, -0.2) is 18.4 Å². The summed E-state index contributed by atoms with van der Waals surface area (Å²) >= 11 is 0. The molecule has 4 rings (SSSR count). The molecule has 104 valence electrons. The van der Waals surface area contributed by atoms with E-state index in [4.69, 9.17) is 0 Å². The van der Waals surface area contributed by atoms with Crippen molar-refractivity contribution in [1.82, 2.24) is 9.97 Å². The lowest BCUT2D eigenvalue weighted by atomic mass is 10.2. The molecule has 0 spiro atoms. The van der Waals surface area contributed by atoms with Gasteiger partial charge in [-0.25, -0.2) is 8.42 Å². The number of H-pyrrole nitrogens is 2. The second kappa shape index (κ2) is 4.23. The fourth-order valence-corrected chi connectivity index (χ4v) is 3.86. The summed E-state index contributed by atoms with van der Waals surface area (Å²) in [5.74, 6) is 0. The maximum atomic E-state index is 12.7. The van der Waals surface area contributed by atoms with Gasteiger partial charge in [0.2, 0.25) is 9.84 Å². The first-order chi connectivity index (χ1) is 10.1. The summed E-state index contributed by atoms with van der Waals surface area (Å²) in [6.45, 7) is 0. The number of aromatic amines is 2. The molecule has 5 heteroatoms. The van der Waals surface area contributed by atoms with E-state index in [9.17, 15) is 8.42 Å². The van der Waals surface area contributed by atoms with E-state index in [1.165, 1.54) is 0 Å². The fourth-order valence-electron chi connectivity index (χ4n) is 2.53. The number of hydrogen-bond acceptors (Lipinski definition) is 2. The third-order valence-electron chi connectivity index (χ3n) is 3.67. The Balaban J connectivity index is 1.91. The number of fused-ring (bicyclic) bond motifs is 2. The van der Waals surface area contributed by atoms with Gasteiger partial charge in [0, 0.05) is 34.2 Å². The third-order valence-corrected chi connectivity index (χ3v) is 5.42. The van der Waals surface area contributed by atoms with Crippen LogP contribution < -0.4 is 0 Å². The van der Waals surface area contributed by atoms with Crippen molar-refractivity contribution < 1.29 is 8.42 Å². The summed E-state index contributed by atoms with van der Waals surface area (Å²) in [6, 6.07) is 14.0. The van der Waals surface area contributed by atoms with Gasteiger partial charge in [0.1, 0.15) is 0 Å². The van der Waals surface area contributed by atoms with Crippen molar-refractivity contribution in [3.05, 3.63) is 60.9 Å². The number of benzene rings is 2. The molecular formula is C16H12N2O2S. The van der Waals surface area contributed by atoms with Crippen LogP contribution in [0.5, 0.6) is 0 Å². The molecule has 2 aromatic carbocycles. The molecule has 0 fully saturated rings. The normalized spacial score (nSPS) is 12.2. The Labute approximate surface area is 121 Å². The molecule has 0 amide bonds. The van der Waals surface area contributed by atoms with Crippen LogP contribution in [-0.2, 0) is 9.84 Å². The standard InChI is InChI=1S/C16H12N2O2S/c19-21(20,13-1-3-15-11(9-13)5-7-17-15)14-2-4-16-12(10-14)6-8-18-16/h1-10,17-18H. The molecule has 0 aliphatic rings. The maximum Gasteiger partial charge on any atom is 0.206 e. The second-order valence-electron chi connectivity index (χ2n) is 4.96. The molecule has 0 atom stereocenters. The van der Waals surface area contributed by atoms with E-state index in [-0.39, 0.29) is 0 Å². The van der Waals surface area contributed by atoms with Gasteiger partial charge in [-0.1, -0.05) is 0 Å². The predicted octanol–water partition coefficient (Wildman–Crippen LogP) is 3.48. The molecule has 2 aromatic heterocycles. The van der Waals surface area contributed by atoms with Gasteiger partial charge in [-0.15, -0.1) is 0 Å². The minimum absolute atomic E-state index is 0.310. The van der Waals surface area contributed by atoms with Crippen LogP contribution in [0.2, 0.25) is 0 Å². The number of sulfone groups is 1. The summed E-state index contributed by atoms with van der Waals surface area (Å²) in [5.41, 5.74) is 1.85. The van der Waals surface area contributed by atoms with E-state index in [0.29, 0.717) is 9.79 Å². The second-order valence-corrected chi connectivity index (χ2v) is 6.91. The Morgan fingerprint density at radius 2 is 1.14 bits per heavy atom. The molecular weight excluding hydrogens is 284 g/mol. The van der Waals surface area contributed by atoms with Crippen LogP contribution in [0.15, 0.2) is 70.7 Å². The maximum absolute atomic E-state index is 12.7. The van der Waals surface area contributed by atoms with Crippen molar-refractivity contribution in [2.24, 2.45) is 0 Å².